The highest BCUT2D eigenvalue weighted by Crippen LogP contribution is 2.34. The maximum absolute atomic E-state index is 12.8. The van der Waals surface area contributed by atoms with Crippen molar-refractivity contribution in [2.75, 3.05) is 6.61 Å². The van der Waals surface area contributed by atoms with Crippen LogP contribution < -0.4 is 5.32 Å². The molecule has 3 aromatic rings. The van der Waals surface area contributed by atoms with Gasteiger partial charge in [-0.2, -0.15) is 0 Å². The Morgan fingerprint density at radius 2 is 2.18 bits per heavy atom. The number of amides is 1. The third kappa shape index (κ3) is 3.65. The molecule has 8 heteroatoms. The zero-order chi connectivity index (χ0) is 19.8. The van der Waals surface area contributed by atoms with Gasteiger partial charge in [0.25, 0.3) is 5.91 Å². The zero-order valence-electron chi connectivity index (χ0n) is 15.1. The van der Waals surface area contributed by atoms with Crippen molar-refractivity contribution in [3.8, 4) is 0 Å². The van der Waals surface area contributed by atoms with Gasteiger partial charge < -0.3 is 20.1 Å². The van der Waals surface area contributed by atoms with Crippen LogP contribution in [0.5, 0.6) is 0 Å². The first-order valence-electron chi connectivity index (χ1n) is 8.93. The van der Waals surface area contributed by atoms with Gasteiger partial charge in [-0.25, -0.2) is 4.79 Å². The summed E-state index contributed by atoms with van der Waals surface area (Å²) in [5.74, 6) is -1.31. The molecule has 0 bridgehead atoms. The van der Waals surface area contributed by atoms with Crippen LogP contribution >= 0.6 is 22.9 Å². The largest absolute Gasteiger partial charge is 0.479 e. The fourth-order valence-electron chi connectivity index (χ4n) is 3.62. The number of rotatable bonds is 6. The van der Waals surface area contributed by atoms with Gasteiger partial charge in [0.1, 0.15) is 10.5 Å². The number of hydrogen-bond acceptors (Lipinski definition) is 4. The summed E-state index contributed by atoms with van der Waals surface area (Å²) in [6.07, 6.45) is -0.220. The number of carboxylic acid groups (broad SMARTS) is 1. The predicted octanol–water partition coefficient (Wildman–Crippen LogP) is 3.81. The van der Waals surface area contributed by atoms with Gasteiger partial charge in [0.05, 0.1) is 10.9 Å². The van der Waals surface area contributed by atoms with Gasteiger partial charge in [0.2, 0.25) is 0 Å². The van der Waals surface area contributed by atoms with Gasteiger partial charge >= 0.3 is 5.97 Å². The number of carbonyl (C=O) groups excluding carboxylic acids is 1. The van der Waals surface area contributed by atoms with Crippen LogP contribution in [-0.2, 0) is 16.0 Å². The summed E-state index contributed by atoms with van der Waals surface area (Å²) in [6.45, 7) is 1.73. The minimum absolute atomic E-state index is 0.104. The summed E-state index contributed by atoms with van der Waals surface area (Å²) in [5, 5.41) is 13.1. The normalized spacial score (nSPS) is 19.5. The quantitative estimate of drug-likeness (QED) is 0.567. The summed E-state index contributed by atoms with van der Waals surface area (Å²) in [5.41, 5.74) is 2.71. The molecule has 28 heavy (non-hydrogen) atoms. The number of carbonyl (C=O) groups is 2. The van der Waals surface area contributed by atoms with Gasteiger partial charge in [-0.15, -0.1) is 11.3 Å². The number of hydrogen-bond donors (Lipinski definition) is 3. The van der Waals surface area contributed by atoms with Crippen LogP contribution in [-0.4, -0.2) is 40.7 Å². The molecule has 3 atom stereocenters. The minimum Gasteiger partial charge on any atom is -0.479 e. The minimum atomic E-state index is -1.00. The standard InChI is InChI=1S/C20H19ClN2O4S/c1-10(20(25)26)27-9-14-13-5-3-2-4-11(13)6-15(14)22-18(24)16-7-12-8-17(21)28-19(12)23-16/h2-5,7-8,10,14-15,23H,6,9H2,1H3,(H,22,24)(H,25,26)/t10?,14-,15?/m1/s1. The number of aromatic amines is 1. The molecule has 0 saturated carbocycles. The Labute approximate surface area is 170 Å². The lowest BCUT2D eigenvalue weighted by Gasteiger charge is -2.22. The Morgan fingerprint density at radius 1 is 1.39 bits per heavy atom. The van der Waals surface area contributed by atoms with Crippen LogP contribution in [0.3, 0.4) is 0 Å². The Bertz CT molecular complexity index is 1010. The first kappa shape index (κ1) is 19.0. The summed E-state index contributed by atoms with van der Waals surface area (Å²) < 4.78 is 6.21. The summed E-state index contributed by atoms with van der Waals surface area (Å²) in [6, 6.07) is 11.4. The van der Waals surface area contributed by atoms with Crippen molar-refractivity contribution in [2.24, 2.45) is 0 Å². The first-order valence-corrected chi connectivity index (χ1v) is 10.1. The number of nitrogens with one attached hydrogen (secondary N) is 2. The van der Waals surface area contributed by atoms with Crippen LogP contribution in [0.15, 0.2) is 36.4 Å². The van der Waals surface area contributed by atoms with Crippen LogP contribution in [0.4, 0.5) is 0 Å². The molecule has 6 nitrogen and oxygen atoms in total. The van der Waals surface area contributed by atoms with Crippen LogP contribution in [0.1, 0.15) is 34.5 Å². The lowest BCUT2D eigenvalue weighted by atomic mass is 9.99. The number of aliphatic carboxylic acids is 1. The topological polar surface area (TPSA) is 91.4 Å². The van der Waals surface area contributed by atoms with Crippen molar-refractivity contribution >= 4 is 45.0 Å². The molecule has 2 unspecified atom stereocenters. The number of fused-ring (bicyclic) bond motifs is 2. The summed E-state index contributed by atoms with van der Waals surface area (Å²) >= 11 is 7.38. The molecule has 4 rings (SSSR count). The molecular weight excluding hydrogens is 400 g/mol. The van der Waals surface area contributed by atoms with Crippen molar-refractivity contribution in [3.05, 3.63) is 57.6 Å². The van der Waals surface area contributed by atoms with Crippen LogP contribution in [0, 0.1) is 0 Å². The second-order valence-corrected chi connectivity index (χ2v) is 8.60. The average molecular weight is 419 g/mol. The molecule has 146 valence electrons. The first-order chi connectivity index (χ1) is 13.4. The van der Waals surface area contributed by atoms with E-state index in [-0.39, 0.29) is 24.5 Å². The lowest BCUT2D eigenvalue weighted by molar-refractivity contribution is -0.149. The highest BCUT2D eigenvalue weighted by atomic mass is 35.5. The Morgan fingerprint density at radius 3 is 2.93 bits per heavy atom. The van der Waals surface area contributed by atoms with Gasteiger partial charge in [0, 0.05) is 17.3 Å². The van der Waals surface area contributed by atoms with E-state index in [0.717, 1.165) is 21.3 Å². The number of halogens is 1. The Hall–Kier alpha value is -2.35. The predicted molar refractivity (Wildman–Crippen MR) is 108 cm³/mol. The second kappa shape index (κ2) is 7.58. The molecule has 2 heterocycles. The van der Waals surface area contributed by atoms with Crippen LogP contribution in [0.25, 0.3) is 10.2 Å². The lowest BCUT2D eigenvalue weighted by Crippen LogP contribution is -2.40. The van der Waals surface area contributed by atoms with Crippen molar-refractivity contribution in [1.29, 1.82) is 0 Å². The fraction of sp³-hybridized carbons (Fsp3) is 0.300. The molecule has 0 spiro atoms. The van der Waals surface area contributed by atoms with Crippen molar-refractivity contribution in [1.82, 2.24) is 10.3 Å². The fourth-order valence-corrected chi connectivity index (χ4v) is 4.74. The van der Waals surface area contributed by atoms with Gasteiger partial charge in [-0.05, 0) is 36.6 Å². The highest BCUT2D eigenvalue weighted by Gasteiger charge is 2.34. The summed E-state index contributed by atoms with van der Waals surface area (Å²) in [7, 11) is 0. The van der Waals surface area contributed by atoms with E-state index in [1.807, 2.05) is 30.3 Å². The molecule has 1 aliphatic carbocycles. The smallest absolute Gasteiger partial charge is 0.332 e. The summed E-state index contributed by atoms with van der Waals surface area (Å²) in [4.78, 5) is 27.8. The number of aromatic nitrogens is 1. The highest BCUT2D eigenvalue weighted by molar-refractivity contribution is 7.22. The maximum atomic E-state index is 12.8. The third-order valence-electron chi connectivity index (χ3n) is 5.09. The van der Waals surface area contributed by atoms with Gasteiger partial charge in [0.15, 0.2) is 6.10 Å². The van der Waals surface area contributed by atoms with Crippen molar-refractivity contribution in [2.45, 2.75) is 31.4 Å². The molecule has 0 fully saturated rings. The molecule has 1 aliphatic rings. The molecule has 2 aromatic heterocycles. The molecular formula is C20H19ClN2O4S. The number of benzene rings is 1. The van der Waals surface area contributed by atoms with E-state index in [0.29, 0.717) is 16.5 Å². The monoisotopic (exact) mass is 418 g/mol. The number of thiophene rings is 1. The molecule has 0 radical (unpaired) electrons. The zero-order valence-corrected chi connectivity index (χ0v) is 16.6. The van der Waals surface area contributed by atoms with E-state index in [9.17, 15) is 9.59 Å². The third-order valence-corrected chi connectivity index (χ3v) is 6.29. The second-order valence-electron chi connectivity index (χ2n) is 6.92. The molecule has 3 N–H and O–H groups in total. The molecule has 0 saturated heterocycles. The van der Waals surface area contributed by atoms with Gasteiger partial charge in [-0.3, -0.25) is 4.79 Å². The van der Waals surface area contributed by atoms with Gasteiger partial charge in [-0.1, -0.05) is 35.9 Å². The average Bonchev–Trinajstić information content (AvgIpc) is 3.30. The number of H-pyrrole nitrogens is 1. The van der Waals surface area contributed by atoms with Crippen molar-refractivity contribution in [3.63, 3.8) is 0 Å². The van der Waals surface area contributed by atoms with E-state index in [1.54, 1.807) is 6.07 Å². The van der Waals surface area contributed by atoms with Crippen LogP contribution in [0.2, 0.25) is 4.34 Å². The molecule has 1 aromatic carbocycles. The van der Waals surface area contributed by atoms with Crippen molar-refractivity contribution < 1.29 is 19.4 Å². The van der Waals surface area contributed by atoms with E-state index in [1.165, 1.54) is 18.3 Å². The van der Waals surface area contributed by atoms with E-state index in [4.69, 9.17) is 21.4 Å². The number of ether oxygens (including phenoxy) is 1. The maximum Gasteiger partial charge on any atom is 0.332 e. The van der Waals surface area contributed by atoms with E-state index < -0.39 is 12.1 Å². The number of carboxylic acids is 1. The SMILES string of the molecule is CC(OC[C@@H]1c2ccccc2CC1NC(=O)c1cc2cc(Cl)sc2[nH]1)C(=O)O. The molecule has 0 aliphatic heterocycles. The van der Waals surface area contributed by atoms with E-state index in [2.05, 4.69) is 10.3 Å². The Kier molecular flexibility index (Phi) is 5.14. The molecule has 1 amide bonds. The Balaban J connectivity index is 1.52. The van der Waals surface area contributed by atoms with E-state index >= 15 is 0 Å².